The molecule has 1 N–H and O–H groups in total. The highest BCUT2D eigenvalue weighted by Gasteiger charge is 2.42. The van der Waals surface area contributed by atoms with Crippen molar-refractivity contribution in [3.05, 3.63) is 45.6 Å². The molecule has 1 aliphatic heterocycles. The van der Waals surface area contributed by atoms with Crippen LogP contribution in [0.1, 0.15) is 31.4 Å². The predicted molar refractivity (Wildman–Crippen MR) is 95.8 cm³/mol. The summed E-state index contributed by atoms with van der Waals surface area (Å²) in [7, 11) is 1.55. The van der Waals surface area contributed by atoms with E-state index in [-0.39, 0.29) is 18.7 Å². The number of allylic oxidation sites excluding steroid dienone is 1. The summed E-state index contributed by atoms with van der Waals surface area (Å²) in [5.41, 5.74) is 1.98. The van der Waals surface area contributed by atoms with Gasteiger partial charge in [-0.1, -0.05) is 28.1 Å². The monoisotopic (exact) mass is 408 g/mol. The number of ether oxygens (including phenoxy) is 2. The smallest absolute Gasteiger partial charge is 0.338 e. The van der Waals surface area contributed by atoms with Gasteiger partial charge in [-0.2, -0.15) is 0 Å². The normalized spacial score (nSPS) is 20.5. The van der Waals surface area contributed by atoms with Crippen molar-refractivity contribution in [1.82, 2.24) is 10.2 Å². The third-order valence-corrected chi connectivity index (χ3v) is 4.91. The van der Waals surface area contributed by atoms with E-state index < -0.39 is 12.0 Å². The minimum atomic E-state index is -0.523. The van der Waals surface area contributed by atoms with Crippen LogP contribution < -0.4 is 5.32 Å². The van der Waals surface area contributed by atoms with E-state index in [9.17, 15) is 9.59 Å². The van der Waals surface area contributed by atoms with Crippen molar-refractivity contribution >= 4 is 27.9 Å². The number of carbonyl (C=O) groups excluding carboxylic acids is 2. The minimum absolute atomic E-state index is 0.165. The quantitative estimate of drug-likeness (QED) is 0.579. The van der Waals surface area contributed by atoms with E-state index in [0.717, 1.165) is 22.9 Å². The second-order valence-electron chi connectivity index (χ2n) is 6.16. The molecule has 1 fully saturated rings. The molecule has 1 heterocycles. The molecular formula is C18H21BrN2O4. The summed E-state index contributed by atoms with van der Waals surface area (Å²) in [6, 6.07) is 7.03. The van der Waals surface area contributed by atoms with Gasteiger partial charge in [-0.05, 0) is 37.5 Å². The van der Waals surface area contributed by atoms with Gasteiger partial charge in [0.1, 0.15) is 6.61 Å². The maximum Gasteiger partial charge on any atom is 0.338 e. The Hall–Kier alpha value is -1.86. The van der Waals surface area contributed by atoms with E-state index in [2.05, 4.69) is 21.2 Å². The molecule has 1 atom stereocenters. The van der Waals surface area contributed by atoms with Gasteiger partial charge in [-0.15, -0.1) is 0 Å². The van der Waals surface area contributed by atoms with Gasteiger partial charge in [0.2, 0.25) is 0 Å². The summed E-state index contributed by atoms with van der Waals surface area (Å²) in [5.74, 6) is -0.423. The molecule has 134 valence electrons. The lowest BCUT2D eigenvalue weighted by molar-refractivity contribution is -0.140. The van der Waals surface area contributed by atoms with E-state index in [1.165, 1.54) is 0 Å². The van der Waals surface area contributed by atoms with Gasteiger partial charge in [0, 0.05) is 23.3 Å². The first-order chi connectivity index (χ1) is 12.0. The zero-order chi connectivity index (χ0) is 18.0. The third-order valence-electron chi connectivity index (χ3n) is 4.38. The Balaban J connectivity index is 1.95. The Bertz CT molecular complexity index is 698. The summed E-state index contributed by atoms with van der Waals surface area (Å²) in [5, 5.41) is 2.96. The fourth-order valence-corrected chi connectivity index (χ4v) is 3.26. The number of esters is 1. The van der Waals surface area contributed by atoms with Crippen molar-refractivity contribution < 1.29 is 19.1 Å². The summed E-state index contributed by atoms with van der Waals surface area (Å²) in [4.78, 5) is 27.0. The number of amides is 2. The number of urea groups is 1. The van der Waals surface area contributed by atoms with Crippen LogP contribution in [0, 0.1) is 0 Å². The highest BCUT2D eigenvalue weighted by atomic mass is 79.9. The molecule has 3 rings (SSSR count). The van der Waals surface area contributed by atoms with E-state index in [1.54, 1.807) is 12.0 Å². The second kappa shape index (κ2) is 7.58. The topological polar surface area (TPSA) is 67.9 Å². The number of hydrogen-bond acceptors (Lipinski definition) is 4. The molecule has 1 aliphatic carbocycles. The standard InChI is InChI=1S/C18H21BrN2O4/c1-11-15(17(22)25-10-9-24-2)16(12-3-5-13(19)6-4-12)20-18(23)21(11)14-7-8-14/h3-6,14,16H,7-10H2,1-2H3,(H,20,23). The van der Waals surface area contributed by atoms with Gasteiger partial charge in [0.25, 0.3) is 0 Å². The third kappa shape index (κ3) is 3.88. The molecule has 1 aromatic rings. The fraction of sp³-hybridized carbons (Fsp3) is 0.444. The van der Waals surface area contributed by atoms with Gasteiger partial charge in [-0.25, -0.2) is 9.59 Å². The van der Waals surface area contributed by atoms with Crippen LogP contribution in [0.2, 0.25) is 0 Å². The Morgan fingerprint density at radius 2 is 1.96 bits per heavy atom. The van der Waals surface area contributed by atoms with Crippen LogP contribution in [0.5, 0.6) is 0 Å². The summed E-state index contributed by atoms with van der Waals surface area (Å²) in [6.45, 7) is 2.33. The van der Waals surface area contributed by atoms with Gasteiger partial charge in [-0.3, -0.25) is 4.90 Å². The molecule has 7 heteroatoms. The number of benzene rings is 1. The van der Waals surface area contributed by atoms with Crippen molar-refractivity contribution in [2.24, 2.45) is 0 Å². The molecule has 6 nitrogen and oxygen atoms in total. The zero-order valence-electron chi connectivity index (χ0n) is 14.3. The summed E-state index contributed by atoms with van der Waals surface area (Å²) < 4.78 is 11.2. The number of carbonyl (C=O) groups is 2. The second-order valence-corrected chi connectivity index (χ2v) is 7.08. The highest BCUT2D eigenvalue weighted by Crippen LogP contribution is 2.38. The van der Waals surface area contributed by atoms with E-state index in [4.69, 9.17) is 9.47 Å². The molecule has 0 radical (unpaired) electrons. The maximum absolute atomic E-state index is 12.7. The number of methoxy groups -OCH3 is 1. The van der Waals surface area contributed by atoms with Gasteiger partial charge in [0.05, 0.1) is 18.2 Å². The van der Waals surface area contributed by atoms with Crippen LogP contribution in [-0.2, 0) is 14.3 Å². The summed E-state index contributed by atoms with van der Waals surface area (Å²) >= 11 is 3.40. The fourth-order valence-electron chi connectivity index (χ4n) is 2.99. The average molecular weight is 409 g/mol. The van der Waals surface area contributed by atoms with Crippen LogP contribution in [0.15, 0.2) is 40.0 Å². The first-order valence-corrected chi connectivity index (χ1v) is 9.04. The number of rotatable bonds is 6. The number of hydrogen-bond donors (Lipinski definition) is 1. The molecular weight excluding hydrogens is 388 g/mol. The molecule has 2 amide bonds. The lowest BCUT2D eigenvalue weighted by Crippen LogP contribution is -2.48. The predicted octanol–water partition coefficient (Wildman–Crippen LogP) is 3.14. The highest BCUT2D eigenvalue weighted by molar-refractivity contribution is 9.10. The number of halogens is 1. The maximum atomic E-state index is 12.7. The molecule has 1 unspecified atom stereocenters. The molecule has 2 aliphatic rings. The lowest BCUT2D eigenvalue weighted by Gasteiger charge is -2.35. The van der Waals surface area contributed by atoms with Crippen LogP contribution in [-0.4, -0.2) is 43.3 Å². The first kappa shape index (κ1) is 17.9. The SMILES string of the molecule is COCCOC(=O)C1=C(C)N(C2CC2)C(=O)NC1c1ccc(Br)cc1. The molecule has 1 aromatic carbocycles. The Kier molecular flexibility index (Phi) is 5.44. The summed E-state index contributed by atoms with van der Waals surface area (Å²) in [6.07, 6.45) is 1.92. The van der Waals surface area contributed by atoms with Crippen LogP contribution in [0.25, 0.3) is 0 Å². The number of nitrogens with one attached hydrogen (secondary N) is 1. The molecule has 1 saturated carbocycles. The van der Waals surface area contributed by atoms with Gasteiger partial charge in [0.15, 0.2) is 0 Å². The molecule has 0 bridgehead atoms. The van der Waals surface area contributed by atoms with Crippen LogP contribution in [0.3, 0.4) is 0 Å². The average Bonchev–Trinajstić information content (AvgIpc) is 3.40. The minimum Gasteiger partial charge on any atom is -0.460 e. The zero-order valence-corrected chi connectivity index (χ0v) is 15.8. The van der Waals surface area contributed by atoms with Crippen molar-refractivity contribution in [2.45, 2.75) is 31.8 Å². The Morgan fingerprint density at radius 1 is 1.28 bits per heavy atom. The molecule has 0 aromatic heterocycles. The van der Waals surface area contributed by atoms with Crippen molar-refractivity contribution in [3.63, 3.8) is 0 Å². The molecule has 0 spiro atoms. The lowest BCUT2D eigenvalue weighted by atomic mass is 9.95. The van der Waals surface area contributed by atoms with Crippen molar-refractivity contribution in [1.29, 1.82) is 0 Å². The molecule has 25 heavy (non-hydrogen) atoms. The largest absolute Gasteiger partial charge is 0.460 e. The van der Waals surface area contributed by atoms with E-state index in [0.29, 0.717) is 17.9 Å². The van der Waals surface area contributed by atoms with E-state index >= 15 is 0 Å². The van der Waals surface area contributed by atoms with Crippen LogP contribution >= 0.6 is 15.9 Å². The van der Waals surface area contributed by atoms with Crippen molar-refractivity contribution in [2.75, 3.05) is 20.3 Å². The van der Waals surface area contributed by atoms with Crippen LogP contribution in [0.4, 0.5) is 4.79 Å². The Morgan fingerprint density at radius 3 is 2.56 bits per heavy atom. The van der Waals surface area contributed by atoms with Crippen molar-refractivity contribution in [3.8, 4) is 0 Å². The van der Waals surface area contributed by atoms with E-state index in [1.807, 2.05) is 31.2 Å². The first-order valence-electron chi connectivity index (χ1n) is 8.25. The number of nitrogens with zero attached hydrogens (tertiary/aromatic N) is 1. The molecule has 0 saturated heterocycles. The Labute approximate surface area is 155 Å². The van der Waals surface area contributed by atoms with Gasteiger partial charge < -0.3 is 14.8 Å². The van der Waals surface area contributed by atoms with Gasteiger partial charge >= 0.3 is 12.0 Å².